The van der Waals surface area contributed by atoms with Crippen LogP contribution in [0.4, 0.5) is 35.9 Å². The van der Waals surface area contributed by atoms with Crippen LogP contribution in [0, 0.1) is 25.7 Å². The topological polar surface area (TPSA) is 111 Å². The van der Waals surface area contributed by atoms with E-state index in [9.17, 15) is 35.9 Å². The second kappa shape index (κ2) is 20.4. The summed E-state index contributed by atoms with van der Waals surface area (Å²) in [5.74, 6) is 1.12. The van der Waals surface area contributed by atoms with Gasteiger partial charge in [0, 0.05) is 12.4 Å². The number of aryl methyl sites for hydroxylation is 2. The highest BCUT2D eigenvalue weighted by Crippen LogP contribution is 2.40. The lowest BCUT2D eigenvalue weighted by Gasteiger charge is -2.24. The van der Waals surface area contributed by atoms with Crippen LogP contribution in [0.1, 0.15) is 146 Å². The van der Waals surface area contributed by atoms with Crippen LogP contribution in [0.25, 0.3) is 0 Å². The van der Waals surface area contributed by atoms with E-state index in [0.717, 1.165) is 67.0 Å². The Bertz CT molecular complexity index is 2320. The molecule has 4 heterocycles. The molecule has 10 nitrogen and oxygen atoms in total. The summed E-state index contributed by atoms with van der Waals surface area (Å²) in [5, 5.41) is 0. The summed E-state index contributed by atoms with van der Waals surface area (Å²) in [6, 6.07) is 6.72. The predicted molar refractivity (Wildman–Crippen MR) is 233 cm³/mol. The summed E-state index contributed by atoms with van der Waals surface area (Å²) < 4.78 is 91.4. The molecule has 350 valence electrons. The molecule has 0 unspecified atom stereocenters. The fraction of sp³-hybridized carbons (Fsp3) is 0.542. The van der Waals surface area contributed by atoms with Crippen LogP contribution in [-0.4, -0.2) is 54.0 Å². The van der Waals surface area contributed by atoms with Gasteiger partial charge in [-0.05, 0) is 104 Å². The minimum Gasteiger partial charge on any atom is -0.439 e. The zero-order chi connectivity index (χ0) is 46.6. The molecule has 0 bridgehead atoms. The summed E-state index contributed by atoms with van der Waals surface area (Å²) in [5.41, 5.74) is 3.32. The molecule has 4 atom stereocenters. The maximum Gasteiger partial charge on any atom is 0.416 e. The summed E-state index contributed by atoms with van der Waals surface area (Å²) in [6.45, 7) is 7.22. The van der Waals surface area contributed by atoms with Crippen LogP contribution in [-0.2, 0) is 47.8 Å². The number of alkyl halides is 6. The molecule has 2 aromatic heterocycles. The Morgan fingerprint density at radius 1 is 0.600 bits per heavy atom. The SMILES string of the molecule is Cc1cc([C@H]2OC(=O)N(Cc3nc(Br)cnc3CC3CCCCC3)[C@H]2C)cc(C(F)(F)F)c1.Cc1cc([C@H]2OC(=O)N(Cc3nccnc3CC3CCCCC3)[C@H]2C)cc(C(F)(F)F)c1. The Hall–Kier alpha value is -4.80. The first-order chi connectivity index (χ1) is 30.8. The average Bonchev–Trinajstić information content (AvgIpc) is 3.70. The lowest BCUT2D eigenvalue weighted by atomic mass is 9.85. The number of halogens is 7. The van der Waals surface area contributed by atoms with E-state index in [1.807, 2.05) is 0 Å². The number of hydrogen-bond acceptors (Lipinski definition) is 8. The van der Waals surface area contributed by atoms with Crippen molar-refractivity contribution in [3.8, 4) is 0 Å². The normalized spacial score (nSPS) is 22.1. The molecule has 8 rings (SSSR count). The molecule has 17 heteroatoms. The van der Waals surface area contributed by atoms with Crippen molar-refractivity contribution in [3.63, 3.8) is 0 Å². The molecule has 4 fully saturated rings. The van der Waals surface area contributed by atoms with Crippen LogP contribution in [0.15, 0.2) is 59.6 Å². The van der Waals surface area contributed by atoms with Gasteiger partial charge in [0.05, 0.1) is 65.3 Å². The molecule has 2 aliphatic heterocycles. The molecule has 2 amide bonds. The van der Waals surface area contributed by atoms with Crippen LogP contribution in [0.2, 0.25) is 0 Å². The van der Waals surface area contributed by atoms with Crippen molar-refractivity contribution in [2.45, 2.75) is 154 Å². The smallest absolute Gasteiger partial charge is 0.416 e. The number of ether oxygens (including phenoxy) is 2. The van der Waals surface area contributed by atoms with Gasteiger partial charge in [-0.1, -0.05) is 87.5 Å². The third kappa shape index (κ3) is 12.0. The Kier molecular flexibility index (Phi) is 15.1. The maximum atomic E-state index is 13.3. The van der Waals surface area contributed by atoms with E-state index in [1.54, 1.807) is 58.4 Å². The van der Waals surface area contributed by atoms with E-state index in [0.29, 0.717) is 44.4 Å². The lowest BCUT2D eigenvalue weighted by molar-refractivity contribution is -0.138. The number of aromatic nitrogens is 4. The third-order valence-corrected chi connectivity index (χ3v) is 13.5. The molecule has 0 spiro atoms. The van der Waals surface area contributed by atoms with Crippen molar-refractivity contribution in [2.24, 2.45) is 11.8 Å². The molecule has 2 saturated carbocycles. The molecule has 2 aliphatic carbocycles. The van der Waals surface area contributed by atoms with Gasteiger partial charge in [0.25, 0.3) is 0 Å². The van der Waals surface area contributed by atoms with Gasteiger partial charge in [0.1, 0.15) is 16.8 Å². The van der Waals surface area contributed by atoms with Crippen molar-refractivity contribution < 1.29 is 45.4 Å². The predicted octanol–water partition coefficient (Wildman–Crippen LogP) is 12.8. The molecule has 4 aliphatic rings. The molecular formula is C48H55BrF6N6O4. The average molecular weight is 974 g/mol. The number of cyclic esters (lactones) is 2. The first kappa shape index (κ1) is 48.1. The number of benzene rings is 2. The van der Waals surface area contributed by atoms with Gasteiger partial charge in [-0.15, -0.1) is 0 Å². The van der Waals surface area contributed by atoms with Crippen molar-refractivity contribution >= 4 is 28.1 Å². The van der Waals surface area contributed by atoms with E-state index in [-0.39, 0.29) is 13.1 Å². The Morgan fingerprint density at radius 2 is 1.02 bits per heavy atom. The van der Waals surface area contributed by atoms with Crippen molar-refractivity contribution in [3.05, 3.63) is 116 Å². The van der Waals surface area contributed by atoms with E-state index in [4.69, 9.17) is 9.47 Å². The second-order valence-electron chi connectivity index (χ2n) is 18.1. The highest BCUT2D eigenvalue weighted by Gasteiger charge is 2.43. The van der Waals surface area contributed by atoms with Crippen LogP contribution >= 0.6 is 15.9 Å². The largest absolute Gasteiger partial charge is 0.439 e. The number of nitrogens with zero attached hydrogens (tertiary/aromatic N) is 6. The highest BCUT2D eigenvalue weighted by molar-refractivity contribution is 9.10. The lowest BCUT2D eigenvalue weighted by Crippen LogP contribution is -2.32. The fourth-order valence-electron chi connectivity index (χ4n) is 9.68. The third-order valence-electron chi connectivity index (χ3n) is 13.1. The summed E-state index contributed by atoms with van der Waals surface area (Å²) in [4.78, 5) is 46.7. The Labute approximate surface area is 384 Å². The zero-order valence-corrected chi connectivity index (χ0v) is 38.6. The van der Waals surface area contributed by atoms with E-state index in [1.165, 1.54) is 61.2 Å². The van der Waals surface area contributed by atoms with Gasteiger partial charge < -0.3 is 9.47 Å². The second-order valence-corrected chi connectivity index (χ2v) is 18.9. The van der Waals surface area contributed by atoms with Crippen molar-refractivity contribution in [2.75, 3.05) is 0 Å². The minimum absolute atomic E-state index is 0.197. The quantitative estimate of drug-likeness (QED) is 0.145. The molecule has 0 N–H and O–H groups in total. The van der Waals surface area contributed by atoms with Crippen LogP contribution in [0.3, 0.4) is 0 Å². The summed E-state index contributed by atoms with van der Waals surface area (Å²) in [6.07, 6.45) is 7.10. The van der Waals surface area contributed by atoms with Crippen LogP contribution in [0.5, 0.6) is 0 Å². The number of carbonyl (C=O) groups excluding carboxylic acids is 2. The molecule has 0 radical (unpaired) electrons. The van der Waals surface area contributed by atoms with Crippen LogP contribution < -0.4 is 0 Å². The van der Waals surface area contributed by atoms with Gasteiger partial charge in [-0.25, -0.2) is 14.6 Å². The van der Waals surface area contributed by atoms with Gasteiger partial charge >= 0.3 is 24.5 Å². The van der Waals surface area contributed by atoms with Crippen molar-refractivity contribution in [1.29, 1.82) is 0 Å². The van der Waals surface area contributed by atoms with Gasteiger partial charge in [-0.3, -0.25) is 24.8 Å². The monoisotopic (exact) mass is 972 g/mol. The molecule has 2 saturated heterocycles. The summed E-state index contributed by atoms with van der Waals surface area (Å²) >= 11 is 3.37. The first-order valence-electron chi connectivity index (χ1n) is 22.4. The number of hydrogen-bond donors (Lipinski definition) is 0. The molecular weight excluding hydrogens is 918 g/mol. The molecule has 65 heavy (non-hydrogen) atoms. The van der Waals surface area contributed by atoms with Gasteiger partial charge in [-0.2, -0.15) is 26.3 Å². The zero-order valence-electron chi connectivity index (χ0n) is 37.0. The van der Waals surface area contributed by atoms with E-state index < -0.39 is 60.0 Å². The standard InChI is InChI=1S/C24H27BrF3N3O2.C24H28F3N3O2/c1-14-8-17(11-18(9-14)24(26,27)28)22-15(2)31(23(32)33-22)13-20-19(29-12-21(25)30-20)10-16-6-4-3-5-7-16;1-15-10-18(13-19(11-15)24(25,26)27)22-16(2)30(23(31)32-22)14-21-20(28-8-9-29-21)12-17-6-4-3-5-7-17/h8-9,11-12,15-16,22H,3-7,10,13H2,1-2H3;8-11,13,16-17,22H,3-7,12,14H2,1-2H3/t15-,22-;16-,22-/m00/s1. The molecule has 2 aromatic carbocycles. The van der Waals surface area contributed by atoms with Crippen molar-refractivity contribution in [1.82, 2.24) is 29.7 Å². The van der Waals surface area contributed by atoms with E-state index in [2.05, 4.69) is 35.9 Å². The summed E-state index contributed by atoms with van der Waals surface area (Å²) in [7, 11) is 0. The fourth-order valence-corrected chi connectivity index (χ4v) is 9.99. The number of amides is 2. The highest BCUT2D eigenvalue weighted by atomic mass is 79.9. The number of rotatable bonds is 10. The molecule has 4 aromatic rings. The van der Waals surface area contributed by atoms with Gasteiger partial charge in [0.15, 0.2) is 0 Å². The first-order valence-corrected chi connectivity index (χ1v) is 23.2. The van der Waals surface area contributed by atoms with Gasteiger partial charge in [0.2, 0.25) is 0 Å². The Balaban J connectivity index is 0.000000194. The Morgan fingerprint density at radius 3 is 1.46 bits per heavy atom. The maximum absolute atomic E-state index is 13.3. The number of carbonyl (C=O) groups is 2. The van der Waals surface area contributed by atoms with E-state index >= 15 is 0 Å². The minimum atomic E-state index is -4.47.